The van der Waals surface area contributed by atoms with Crippen molar-refractivity contribution in [2.45, 2.75) is 0 Å². The van der Waals surface area contributed by atoms with Gasteiger partial charge in [0.15, 0.2) is 0 Å². The summed E-state index contributed by atoms with van der Waals surface area (Å²) in [4.78, 5) is 0. The van der Waals surface area contributed by atoms with E-state index >= 15 is 0 Å². The van der Waals surface area contributed by atoms with Gasteiger partial charge in [-0.1, -0.05) is 60.7 Å². The van der Waals surface area contributed by atoms with Gasteiger partial charge in [0.2, 0.25) is 0 Å². The van der Waals surface area contributed by atoms with Crippen LogP contribution in [0, 0.1) is 11.6 Å². The maximum absolute atomic E-state index is 14.3. The molecule has 4 aromatic rings. The summed E-state index contributed by atoms with van der Waals surface area (Å²) in [6, 6.07) is 22.0. The van der Waals surface area contributed by atoms with Crippen LogP contribution in [0.15, 0.2) is 72.8 Å². The highest BCUT2D eigenvalue weighted by Crippen LogP contribution is 2.49. The fraction of sp³-hybridized carbons (Fsp3) is 0. The highest BCUT2D eigenvalue weighted by molar-refractivity contribution is 6.18. The van der Waals surface area contributed by atoms with Crippen LogP contribution in [-0.4, -0.2) is 0 Å². The van der Waals surface area contributed by atoms with E-state index in [2.05, 4.69) is 18.2 Å². The zero-order valence-corrected chi connectivity index (χ0v) is 12.7. The van der Waals surface area contributed by atoms with Crippen LogP contribution in [0.4, 0.5) is 8.78 Å². The molecule has 5 rings (SSSR count). The third-order valence-corrected chi connectivity index (χ3v) is 4.78. The molecule has 0 saturated carbocycles. The van der Waals surface area contributed by atoms with Gasteiger partial charge >= 0.3 is 0 Å². The Morgan fingerprint density at radius 1 is 0.458 bits per heavy atom. The van der Waals surface area contributed by atoms with Crippen molar-refractivity contribution in [3.8, 4) is 33.4 Å². The minimum Gasteiger partial charge on any atom is -0.206 e. The molecule has 0 bridgehead atoms. The predicted octanol–water partition coefficient (Wildman–Crippen LogP) is 6.43. The normalized spacial score (nSPS) is 11.8. The molecule has 114 valence electrons. The fourth-order valence-corrected chi connectivity index (χ4v) is 3.78. The van der Waals surface area contributed by atoms with E-state index in [1.54, 1.807) is 0 Å². The lowest BCUT2D eigenvalue weighted by molar-refractivity contribution is 0.590. The minimum absolute atomic E-state index is 0.0390. The number of benzene rings is 4. The standard InChI is InChI=1S/C22H12F2/c23-19-9-4-10-20(24)22(19)18-12-11-17-14-6-2-1-5-13(14)15-7-3-8-16(18)21(15)17/h1-12H. The number of hydrogen-bond donors (Lipinski definition) is 0. The van der Waals surface area contributed by atoms with E-state index in [0.717, 1.165) is 21.9 Å². The van der Waals surface area contributed by atoms with Crippen molar-refractivity contribution in [3.63, 3.8) is 0 Å². The summed E-state index contributed by atoms with van der Waals surface area (Å²) in [6.45, 7) is 0. The average Bonchev–Trinajstić information content (AvgIpc) is 2.93. The van der Waals surface area contributed by atoms with Crippen LogP contribution in [0.2, 0.25) is 0 Å². The zero-order valence-electron chi connectivity index (χ0n) is 12.7. The van der Waals surface area contributed by atoms with Crippen LogP contribution in [0.25, 0.3) is 44.2 Å². The lowest BCUT2D eigenvalue weighted by Gasteiger charge is -2.11. The van der Waals surface area contributed by atoms with Gasteiger partial charge in [0.05, 0.1) is 5.56 Å². The second-order valence-corrected chi connectivity index (χ2v) is 6.03. The van der Waals surface area contributed by atoms with Crippen LogP contribution in [0.1, 0.15) is 0 Å². The maximum atomic E-state index is 14.3. The van der Waals surface area contributed by atoms with Crippen LogP contribution < -0.4 is 0 Å². The van der Waals surface area contributed by atoms with Crippen LogP contribution in [0.5, 0.6) is 0 Å². The van der Waals surface area contributed by atoms with Crippen molar-refractivity contribution in [3.05, 3.63) is 84.4 Å². The van der Waals surface area contributed by atoms with Gasteiger partial charge in [0.25, 0.3) is 0 Å². The molecule has 0 spiro atoms. The van der Waals surface area contributed by atoms with Gasteiger partial charge in [-0.2, -0.15) is 0 Å². The molecule has 0 aliphatic heterocycles. The molecule has 1 aliphatic carbocycles. The van der Waals surface area contributed by atoms with Crippen molar-refractivity contribution in [1.29, 1.82) is 0 Å². The molecule has 2 heteroatoms. The Kier molecular flexibility index (Phi) is 2.66. The van der Waals surface area contributed by atoms with Crippen molar-refractivity contribution in [2.24, 2.45) is 0 Å². The highest BCUT2D eigenvalue weighted by Gasteiger charge is 2.23. The van der Waals surface area contributed by atoms with Crippen LogP contribution >= 0.6 is 0 Å². The molecule has 0 atom stereocenters. The van der Waals surface area contributed by atoms with Crippen molar-refractivity contribution >= 4 is 10.8 Å². The number of halogens is 2. The average molecular weight is 314 g/mol. The summed E-state index contributed by atoms with van der Waals surface area (Å²) >= 11 is 0. The predicted molar refractivity (Wildman–Crippen MR) is 93.7 cm³/mol. The van der Waals surface area contributed by atoms with E-state index in [9.17, 15) is 8.78 Å². The first kappa shape index (κ1) is 13.4. The fourth-order valence-electron chi connectivity index (χ4n) is 3.78. The lowest BCUT2D eigenvalue weighted by atomic mass is 9.94. The summed E-state index contributed by atoms with van der Waals surface area (Å²) in [5.74, 6) is -1.07. The number of hydrogen-bond acceptors (Lipinski definition) is 0. The van der Waals surface area contributed by atoms with E-state index in [1.807, 2.05) is 36.4 Å². The Morgan fingerprint density at radius 2 is 1.00 bits per heavy atom. The minimum atomic E-state index is -0.536. The van der Waals surface area contributed by atoms with Gasteiger partial charge in [-0.25, -0.2) is 8.78 Å². The number of rotatable bonds is 1. The molecule has 0 saturated heterocycles. The van der Waals surface area contributed by atoms with Crippen LogP contribution in [0.3, 0.4) is 0 Å². The van der Waals surface area contributed by atoms with Crippen molar-refractivity contribution in [1.82, 2.24) is 0 Å². The summed E-state index contributed by atoms with van der Waals surface area (Å²) in [5, 5.41) is 1.95. The zero-order chi connectivity index (χ0) is 16.3. The van der Waals surface area contributed by atoms with E-state index < -0.39 is 11.6 Å². The number of fused-ring (bicyclic) bond motifs is 3. The van der Waals surface area contributed by atoms with Crippen molar-refractivity contribution in [2.75, 3.05) is 0 Å². The molecule has 0 heterocycles. The molecule has 0 nitrogen and oxygen atoms in total. The maximum Gasteiger partial charge on any atom is 0.133 e. The molecular formula is C22H12F2. The first-order valence-corrected chi connectivity index (χ1v) is 7.85. The Balaban J connectivity index is 1.92. The molecule has 0 N–H and O–H groups in total. The van der Waals surface area contributed by atoms with Gasteiger partial charge < -0.3 is 0 Å². The Morgan fingerprint density at radius 3 is 1.71 bits per heavy atom. The van der Waals surface area contributed by atoms with E-state index in [-0.39, 0.29) is 5.56 Å². The monoisotopic (exact) mass is 314 g/mol. The highest BCUT2D eigenvalue weighted by atomic mass is 19.1. The quantitative estimate of drug-likeness (QED) is 0.334. The first-order chi connectivity index (χ1) is 11.8. The molecule has 4 aromatic carbocycles. The van der Waals surface area contributed by atoms with Gasteiger partial charge in [-0.15, -0.1) is 0 Å². The molecule has 1 aliphatic rings. The molecule has 0 amide bonds. The van der Waals surface area contributed by atoms with Gasteiger partial charge in [-0.3, -0.25) is 0 Å². The largest absolute Gasteiger partial charge is 0.206 e. The second-order valence-electron chi connectivity index (χ2n) is 6.03. The van der Waals surface area contributed by atoms with Crippen molar-refractivity contribution < 1.29 is 8.78 Å². The van der Waals surface area contributed by atoms with E-state index in [0.29, 0.717) is 5.56 Å². The van der Waals surface area contributed by atoms with Crippen LogP contribution in [-0.2, 0) is 0 Å². The van der Waals surface area contributed by atoms with E-state index in [1.165, 1.54) is 29.3 Å². The topological polar surface area (TPSA) is 0 Å². The molecule has 24 heavy (non-hydrogen) atoms. The van der Waals surface area contributed by atoms with Gasteiger partial charge in [-0.05, 0) is 50.7 Å². The molecule has 0 aromatic heterocycles. The Bertz CT molecular complexity index is 1080. The Labute approximate surface area is 138 Å². The SMILES string of the molecule is Fc1cccc(F)c1-c1ccc2c3c(cccc13)-c1ccccc1-2. The smallest absolute Gasteiger partial charge is 0.133 e. The third-order valence-electron chi connectivity index (χ3n) is 4.78. The van der Waals surface area contributed by atoms with Gasteiger partial charge in [0, 0.05) is 0 Å². The lowest BCUT2D eigenvalue weighted by Crippen LogP contribution is -1.91. The second kappa shape index (κ2) is 4.75. The Hall–Kier alpha value is -3.00. The third kappa shape index (κ3) is 1.65. The molecular weight excluding hydrogens is 302 g/mol. The summed E-state index contributed by atoms with van der Waals surface area (Å²) in [7, 11) is 0. The van der Waals surface area contributed by atoms with E-state index in [4.69, 9.17) is 0 Å². The summed E-state index contributed by atoms with van der Waals surface area (Å²) in [5.41, 5.74) is 5.22. The summed E-state index contributed by atoms with van der Waals surface area (Å²) in [6.07, 6.45) is 0. The first-order valence-electron chi connectivity index (χ1n) is 7.85. The molecule has 0 fully saturated rings. The summed E-state index contributed by atoms with van der Waals surface area (Å²) < 4.78 is 28.6. The van der Waals surface area contributed by atoms with Gasteiger partial charge in [0.1, 0.15) is 11.6 Å². The molecule has 0 radical (unpaired) electrons. The molecule has 0 unspecified atom stereocenters.